The fourth-order valence-corrected chi connectivity index (χ4v) is 5.47. The molecule has 0 radical (unpaired) electrons. The molecule has 1 aliphatic rings. The summed E-state index contributed by atoms with van der Waals surface area (Å²) in [5.74, 6) is -0.145. The van der Waals surface area contributed by atoms with Crippen molar-refractivity contribution in [1.29, 1.82) is 0 Å². The molecule has 166 valence electrons. The Morgan fingerprint density at radius 2 is 1.56 bits per heavy atom. The number of carbonyl (C=O) groups is 1. The molecule has 0 unspecified atom stereocenters. The lowest BCUT2D eigenvalue weighted by Crippen LogP contribution is -2.27. The van der Waals surface area contributed by atoms with Gasteiger partial charge >= 0.3 is 0 Å². The topological polar surface area (TPSA) is 66.5 Å². The maximum absolute atomic E-state index is 12.8. The molecule has 3 aromatic carbocycles. The van der Waals surface area contributed by atoms with Crippen molar-refractivity contribution in [2.75, 3.05) is 13.1 Å². The van der Waals surface area contributed by atoms with E-state index in [1.807, 2.05) is 56.3 Å². The summed E-state index contributed by atoms with van der Waals surface area (Å²) in [5, 5.41) is 3.05. The molecule has 3 aromatic rings. The predicted octanol–water partition coefficient (Wildman–Crippen LogP) is 4.94. The summed E-state index contributed by atoms with van der Waals surface area (Å²) in [6.07, 6.45) is 1.82. The summed E-state index contributed by atoms with van der Waals surface area (Å²) in [4.78, 5) is 13.1. The van der Waals surface area contributed by atoms with Gasteiger partial charge in [-0.2, -0.15) is 4.31 Å². The van der Waals surface area contributed by atoms with E-state index in [0.717, 1.165) is 29.5 Å². The monoisotopic (exact) mass is 448 g/mol. The zero-order valence-electron chi connectivity index (χ0n) is 18.4. The summed E-state index contributed by atoms with van der Waals surface area (Å²) < 4.78 is 27.0. The van der Waals surface area contributed by atoms with Crippen molar-refractivity contribution in [2.24, 2.45) is 0 Å². The van der Waals surface area contributed by atoms with E-state index in [0.29, 0.717) is 23.5 Å². The minimum atomic E-state index is -3.43. The van der Waals surface area contributed by atoms with Gasteiger partial charge in [0.2, 0.25) is 10.0 Å². The van der Waals surface area contributed by atoms with Gasteiger partial charge < -0.3 is 5.32 Å². The molecule has 5 nitrogen and oxygen atoms in total. The van der Waals surface area contributed by atoms with Crippen molar-refractivity contribution in [1.82, 2.24) is 9.62 Å². The first-order valence-electron chi connectivity index (χ1n) is 10.9. The Bertz CT molecular complexity index is 1200. The number of rotatable bonds is 6. The van der Waals surface area contributed by atoms with Gasteiger partial charge in [0.25, 0.3) is 5.91 Å². The fourth-order valence-electron chi connectivity index (χ4n) is 3.96. The highest BCUT2D eigenvalue weighted by Gasteiger charge is 2.27. The van der Waals surface area contributed by atoms with E-state index in [1.165, 1.54) is 5.56 Å². The lowest BCUT2D eigenvalue weighted by molar-refractivity contribution is 0.0940. The third kappa shape index (κ3) is 4.76. The molecule has 1 amide bonds. The Labute approximate surface area is 190 Å². The zero-order chi connectivity index (χ0) is 22.7. The summed E-state index contributed by atoms with van der Waals surface area (Å²) >= 11 is 0. The molecule has 1 aliphatic heterocycles. The van der Waals surface area contributed by atoms with Crippen LogP contribution < -0.4 is 5.32 Å². The van der Waals surface area contributed by atoms with Crippen molar-refractivity contribution in [3.63, 3.8) is 0 Å². The number of sulfonamides is 1. The Hall–Kier alpha value is -2.96. The van der Waals surface area contributed by atoms with E-state index in [9.17, 15) is 13.2 Å². The molecule has 1 saturated heterocycles. The highest BCUT2D eigenvalue weighted by Crippen LogP contribution is 2.26. The minimum Gasteiger partial charge on any atom is -0.346 e. The van der Waals surface area contributed by atoms with Crippen molar-refractivity contribution in [3.8, 4) is 11.1 Å². The highest BCUT2D eigenvalue weighted by molar-refractivity contribution is 7.89. The molecule has 0 spiro atoms. The zero-order valence-corrected chi connectivity index (χ0v) is 19.2. The first-order valence-corrected chi connectivity index (χ1v) is 12.4. The van der Waals surface area contributed by atoms with Crippen molar-refractivity contribution < 1.29 is 13.2 Å². The molecule has 32 heavy (non-hydrogen) atoms. The largest absolute Gasteiger partial charge is 0.346 e. The second kappa shape index (κ2) is 9.27. The van der Waals surface area contributed by atoms with E-state index >= 15 is 0 Å². The Balaban J connectivity index is 1.50. The second-order valence-electron chi connectivity index (χ2n) is 8.32. The van der Waals surface area contributed by atoms with E-state index in [4.69, 9.17) is 0 Å². The van der Waals surface area contributed by atoms with E-state index in [1.54, 1.807) is 34.6 Å². The summed E-state index contributed by atoms with van der Waals surface area (Å²) in [6, 6.07) is 22.3. The predicted molar refractivity (Wildman–Crippen MR) is 127 cm³/mol. The van der Waals surface area contributed by atoms with Crippen LogP contribution in [0.1, 0.15) is 47.3 Å². The second-order valence-corrected chi connectivity index (χ2v) is 10.3. The van der Waals surface area contributed by atoms with Gasteiger partial charge in [0.1, 0.15) is 0 Å². The standard InChI is InChI=1S/C26H28N2O3S/c1-19-8-10-21(11-9-19)20(2)27-26(29)24-7-5-6-23(18-24)22-12-14-25(15-13-22)32(30,31)28-16-3-4-17-28/h5-15,18,20H,3-4,16-17H2,1-2H3,(H,27,29)/t20-/m0/s1. The van der Waals surface area contributed by atoms with Crippen LogP contribution in [0.15, 0.2) is 77.7 Å². The quantitative estimate of drug-likeness (QED) is 0.581. The lowest BCUT2D eigenvalue weighted by Gasteiger charge is -2.16. The summed E-state index contributed by atoms with van der Waals surface area (Å²) in [6.45, 7) is 5.17. The van der Waals surface area contributed by atoms with Gasteiger partial charge in [-0.1, -0.05) is 54.1 Å². The minimum absolute atomic E-state index is 0.109. The van der Waals surface area contributed by atoms with Gasteiger partial charge in [-0.05, 0) is 67.6 Å². The molecule has 1 heterocycles. The van der Waals surface area contributed by atoms with Crippen LogP contribution in [0.2, 0.25) is 0 Å². The number of hydrogen-bond acceptors (Lipinski definition) is 3. The van der Waals surface area contributed by atoms with Gasteiger partial charge in [-0.3, -0.25) is 4.79 Å². The SMILES string of the molecule is Cc1ccc([C@H](C)NC(=O)c2cccc(-c3ccc(S(=O)(=O)N4CCCC4)cc3)c2)cc1. The Kier molecular flexibility index (Phi) is 6.44. The average Bonchev–Trinajstić information content (AvgIpc) is 3.36. The van der Waals surface area contributed by atoms with Crippen LogP contribution in [0.25, 0.3) is 11.1 Å². The highest BCUT2D eigenvalue weighted by atomic mass is 32.2. The molecule has 6 heteroatoms. The van der Waals surface area contributed by atoms with Gasteiger partial charge in [-0.25, -0.2) is 8.42 Å². The van der Waals surface area contributed by atoms with Gasteiger partial charge in [-0.15, -0.1) is 0 Å². The number of hydrogen-bond donors (Lipinski definition) is 1. The molecule has 4 rings (SSSR count). The van der Waals surface area contributed by atoms with Crippen LogP contribution >= 0.6 is 0 Å². The molecule has 0 bridgehead atoms. The van der Waals surface area contributed by atoms with Crippen LogP contribution in [0, 0.1) is 6.92 Å². The molecule has 1 fully saturated rings. The van der Waals surface area contributed by atoms with Crippen LogP contribution in [0.5, 0.6) is 0 Å². The first kappa shape index (κ1) is 22.2. The van der Waals surface area contributed by atoms with Gasteiger partial charge in [0, 0.05) is 18.7 Å². The maximum Gasteiger partial charge on any atom is 0.251 e. The van der Waals surface area contributed by atoms with Crippen molar-refractivity contribution >= 4 is 15.9 Å². The number of aryl methyl sites for hydroxylation is 1. The van der Waals surface area contributed by atoms with Crippen LogP contribution in [0.4, 0.5) is 0 Å². The third-order valence-corrected chi connectivity index (χ3v) is 7.85. The summed E-state index contributed by atoms with van der Waals surface area (Å²) in [7, 11) is -3.43. The molecule has 0 aromatic heterocycles. The Morgan fingerprint density at radius 3 is 2.22 bits per heavy atom. The number of nitrogens with zero attached hydrogens (tertiary/aromatic N) is 1. The first-order chi connectivity index (χ1) is 15.3. The number of amides is 1. The number of carbonyl (C=O) groups excluding carboxylic acids is 1. The van der Waals surface area contributed by atoms with Crippen LogP contribution in [-0.4, -0.2) is 31.7 Å². The van der Waals surface area contributed by atoms with E-state index in [-0.39, 0.29) is 11.9 Å². The average molecular weight is 449 g/mol. The van der Waals surface area contributed by atoms with E-state index < -0.39 is 10.0 Å². The van der Waals surface area contributed by atoms with E-state index in [2.05, 4.69) is 5.32 Å². The Morgan fingerprint density at radius 1 is 0.906 bits per heavy atom. The molecule has 0 aliphatic carbocycles. The maximum atomic E-state index is 12.8. The normalized spacial score (nSPS) is 15.4. The lowest BCUT2D eigenvalue weighted by atomic mass is 10.0. The molecule has 0 saturated carbocycles. The molecular weight excluding hydrogens is 420 g/mol. The van der Waals surface area contributed by atoms with Crippen molar-refractivity contribution in [2.45, 2.75) is 37.6 Å². The molecular formula is C26H28N2O3S. The fraction of sp³-hybridized carbons (Fsp3) is 0.269. The molecule has 1 N–H and O–H groups in total. The van der Waals surface area contributed by atoms with Crippen LogP contribution in [-0.2, 0) is 10.0 Å². The third-order valence-electron chi connectivity index (χ3n) is 5.94. The molecule has 1 atom stereocenters. The van der Waals surface area contributed by atoms with Gasteiger partial charge in [0.15, 0.2) is 0 Å². The number of benzene rings is 3. The number of nitrogens with one attached hydrogen (secondary N) is 1. The van der Waals surface area contributed by atoms with Crippen molar-refractivity contribution in [3.05, 3.63) is 89.5 Å². The van der Waals surface area contributed by atoms with Gasteiger partial charge in [0.05, 0.1) is 10.9 Å². The summed E-state index contributed by atoms with van der Waals surface area (Å²) in [5.41, 5.74) is 4.53. The smallest absolute Gasteiger partial charge is 0.251 e. The van der Waals surface area contributed by atoms with Crippen LogP contribution in [0.3, 0.4) is 0 Å².